The van der Waals surface area contributed by atoms with E-state index in [0.29, 0.717) is 23.6 Å². The van der Waals surface area contributed by atoms with E-state index in [1.807, 2.05) is 48.8 Å². The van der Waals surface area contributed by atoms with Crippen molar-refractivity contribution in [3.63, 3.8) is 0 Å². The molecule has 2 aliphatic heterocycles. The Labute approximate surface area is 229 Å². The van der Waals surface area contributed by atoms with Crippen LogP contribution in [-0.4, -0.2) is 76.6 Å². The standard InChI is InChI=1S/C30H39N4O4P/c1-33-13-5-7-23(33)15-21-17-31-25-9-3-11-27(29(21)25)37-19-39(35,36)20-38-28-12-4-10-26-30(28)22(18-32-26)16-24-8-6-14-34(24)2/h3-4,9-12,17-18,23-24,31-32H,5-8,13-16,19-20H2,1-2H3,(H,35,36)/t23-,24-/m1/s1. The number of benzene rings is 2. The molecule has 8 nitrogen and oxygen atoms in total. The number of likely N-dealkylation sites (tertiary alicyclic amines) is 2. The average molecular weight is 551 g/mol. The molecule has 0 spiro atoms. The minimum absolute atomic E-state index is 0.303. The zero-order valence-electron chi connectivity index (χ0n) is 22.9. The maximum Gasteiger partial charge on any atom is 0.273 e. The van der Waals surface area contributed by atoms with Gasteiger partial charge in [-0.3, -0.25) is 4.57 Å². The molecule has 2 atom stereocenters. The molecule has 0 radical (unpaired) electrons. The fourth-order valence-corrected chi connectivity index (χ4v) is 7.12. The highest BCUT2D eigenvalue weighted by atomic mass is 31.2. The molecule has 4 aromatic rings. The van der Waals surface area contributed by atoms with E-state index >= 15 is 0 Å². The lowest BCUT2D eigenvalue weighted by atomic mass is 10.0. The highest BCUT2D eigenvalue weighted by Gasteiger charge is 2.26. The van der Waals surface area contributed by atoms with Gasteiger partial charge in [-0.25, -0.2) is 0 Å². The topological polar surface area (TPSA) is 93.8 Å². The second-order valence-corrected chi connectivity index (χ2v) is 13.5. The Morgan fingerprint density at radius 1 is 0.821 bits per heavy atom. The summed E-state index contributed by atoms with van der Waals surface area (Å²) in [6.45, 7) is 2.25. The lowest BCUT2D eigenvalue weighted by molar-refractivity contribution is 0.308. The van der Waals surface area contributed by atoms with Crippen molar-refractivity contribution in [1.82, 2.24) is 19.8 Å². The van der Waals surface area contributed by atoms with Gasteiger partial charge in [0.15, 0.2) is 12.7 Å². The number of rotatable bonds is 10. The van der Waals surface area contributed by atoms with Crippen molar-refractivity contribution in [3.05, 3.63) is 59.9 Å². The van der Waals surface area contributed by atoms with Crippen LogP contribution in [0.1, 0.15) is 36.8 Å². The van der Waals surface area contributed by atoms with Gasteiger partial charge in [0.05, 0.1) is 0 Å². The van der Waals surface area contributed by atoms with Gasteiger partial charge in [-0.1, -0.05) is 12.1 Å². The van der Waals surface area contributed by atoms with Crippen molar-refractivity contribution in [2.75, 3.05) is 39.9 Å². The Bertz CT molecular complexity index is 1390. The van der Waals surface area contributed by atoms with Gasteiger partial charge in [-0.05, 0) is 101 Å². The number of ether oxygens (including phenoxy) is 2. The molecule has 6 rings (SSSR count). The molecule has 0 aliphatic carbocycles. The second kappa shape index (κ2) is 11.0. The third-order valence-electron chi connectivity index (χ3n) is 8.60. The predicted molar refractivity (Wildman–Crippen MR) is 156 cm³/mol. The van der Waals surface area contributed by atoms with E-state index in [1.54, 1.807) is 0 Å². The normalized spacial score (nSPS) is 20.9. The van der Waals surface area contributed by atoms with Crippen LogP contribution in [0, 0.1) is 0 Å². The summed E-state index contributed by atoms with van der Waals surface area (Å²) in [4.78, 5) is 22.3. The maximum atomic E-state index is 13.2. The number of nitrogens with one attached hydrogen (secondary N) is 2. The Hall–Kier alpha value is -2.77. The van der Waals surface area contributed by atoms with Crippen LogP contribution < -0.4 is 9.47 Å². The summed E-state index contributed by atoms with van der Waals surface area (Å²) in [7, 11) is 0.622. The third kappa shape index (κ3) is 5.62. The van der Waals surface area contributed by atoms with Crippen LogP contribution in [0.4, 0.5) is 0 Å². The first kappa shape index (κ1) is 26.5. The smallest absolute Gasteiger partial charge is 0.273 e. The molecule has 4 heterocycles. The molecular formula is C30H39N4O4P. The van der Waals surface area contributed by atoms with E-state index in [0.717, 1.165) is 47.7 Å². The predicted octanol–water partition coefficient (Wildman–Crippen LogP) is 5.57. The van der Waals surface area contributed by atoms with Crippen LogP contribution in [0.15, 0.2) is 48.8 Å². The molecule has 208 valence electrons. The van der Waals surface area contributed by atoms with Crippen molar-refractivity contribution in [3.8, 4) is 11.5 Å². The Morgan fingerprint density at radius 3 is 1.69 bits per heavy atom. The summed E-state index contributed by atoms with van der Waals surface area (Å²) in [6, 6.07) is 12.6. The lowest BCUT2D eigenvalue weighted by Gasteiger charge is -2.20. The maximum absolute atomic E-state index is 13.2. The van der Waals surface area contributed by atoms with Gasteiger partial charge in [-0.2, -0.15) is 0 Å². The van der Waals surface area contributed by atoms with E-state index in [1.165, 1.54) is 36.8 Å². The van der Waals surface area contributed by atoms with Crippen molar-refractivity contribution >= 4 is 29.2 Å². The van der Waals surface area contributed by atoms with Crippen molar-refractivity contribution in [2.45, 2.75) is 50.6 Å². The van der Waals surface area contributed by atoms with Gasteiger partial charge >= 0.3 is 0 Å². The molecule has 0 unspecified atom stereocenters. The fraction of sp³-hybridized carbons (Fsp3) is 0.467. The first-order valence-corrected chi connectivity index (χ1v) is 16.1. The highest BCUT2D eigenvalue weighted by Crippen LogP contribution is 2.43. The summed E-state index contributed by atoms with van der Waals surface area (Å²) < 4.78 is 25.2. The zero-order valence-corrected chi connectivity index (χ0v) is 23.8. The zero-order chi connectivity index (χ0) is 27.0. The van der Waals surface area contributed by atoms with Crippen LogP contribution in [0.2, 0.25) is 0 Å². The van der Waals surface area contributed by atoms with E-state index < -0.39 is 7.37 Å². The van der Waals surface area contributed by atoms with Gasteiger partial charge in [0, 0.05) is 46.3 Å². The number of fused-ring (bicyclic) bond motifs is 2. The van der Waals surface area contributed by atoms with Crippen LogP contribution in [0.25, 0.3) is 21.8 Å². The van der Waals surface area contributed by atoms with E-state index in [2.05, 4.69) is 33.9 Å². The summed E-state index contributed by atoms with van der Waals surface area (Å²) in [6.07, 6.45) is 10.1. The summed E-state index contributed by atoms with van der Waals surface area (Å²) in [5.74, 6) is 1.27. The number of H-pyrrole nitrogens is 2. The van der Waals surface area contributed by atoms with E-state index in [-0.39, 0.29) is 12.7 Å². The Balaban J connectivity index is 1.15. The Morgan fingerprint density at radius 2 is 1.28 bits per heavy atom. The number of likely N-dealkylation sites (N-methyl/N-ethyl adjacent to an activating group) is 2. The number of hydrogen-bond acceptors (Lipinski definition) is 5. The SMILES string of the molecule is CN1CCC[C@@H]1Cc1c[nH]c2cccc(OCP(=O)(O)COc3cccc4[nH]cc(C[C@H]5CCCN5C)c34)c12. The quantitative estimate of drug-likeness (QED) is 0.224. The molecule has 9 heteroatoms. The van der Waals surface area contributed by atoms with Crippen molar-refractivity contribution in [2.24, 2.45) is 0 Å². The minimum Gasteiger partial charge on any atom is -0.483 e. The number of hydrogen-bond donors (Lipinski definition) is 3. The van der Waals surface area contributed by atoms with Gasteiger partial charge in [0.1, 0.15) is 11.5 Å². The lowest BCUT2D eigenvalue weighted by Crippen LogP contribution is -2.26. The monoisotopic (exact) mass is 550 g/mol. The molecule has 3 N–H and O–H groups in total. The van der Waals surface area contributed by atoms with Crippen LogP contribution in [-0.2, 0) is 17.4 Å². The van der Waals surface area contributed by atoms with Crippen molar-refractivity contribution in [1.29, 1.82) is 0 Å². The summed E-state index contributed by atoms with van der Waals surface area (Å²) in [5.41, 5.74) is 4.32. The molecule has 2 saturated heterocycles. The van der Waals surface area contributed by atoms with Gasteiger partial charge in [0.2, 0.25) is 0 Å². The first-order chi connectivity index (χ1) is 18.9. The Kier molecular flexibility index (Phi) is 7.47. The molecule has 2 fully saturated rings. The molecule has 0 saturated carbocycles. The minimum atomic E-state index is -3.73. The van der Waals surface area contributed by atoms with Gasteiger partial charge < -0.3 is 34.1 Å². The average Bonchev–Trinajstić information content (AvgIpc) is 3.72. The second-order valence-electron chi connectivity index (χ2n) is 11.3. The fourth-order valence-electron chi connectivity index (χ4n) is 6.36. The molecule has 0 amide bonds. The summed E-state index contributed by atoms with van der Waals surface area (Å²) in [5, 5.41) is 2.00. The van der Waals surface area contributed by atoms with Crippen LogP contribution in [0.3, 0.4) is 0 Å². The molecule has 2 aromatic heterocycles. The molecule has 2 aromatic carbocycles. The summed E-state index contributed by atoms with van der Waals surface area (Å²) >= 11 is 0. The number of nitrogens with zero attached hydrogens (tertiary/aromatic N) is 2. The van der Waals surface area contributed by atoms with Crippen LogP contribution >= 0.6 is 7.37 Å². The van der Waals surface area contributed by atoms with Gasteiger partial charge in [0.25, 0.3) is 7.37 Å². The molecule has 0 bridgehead atoms. The number of aromatic nitrogens is 2. The van der Waals surface area contributed by atoms with Gasteiger partial charge in [-0.15, -0.1) is 0 Å². The largest absolute Gasteiger partial charge is 0.483 e. The highest BCUT2D eigenvalue weighted by molar-refractivity contribution is 7.57. The molecular weight excluding hydrogens is 511 g/mol. The van der Waals surface area contributed by atoms with Crippen molar-refractivity contribution < 1.29 is 18.9 Å². The molecule has 39 heavy (non-hydrogen) atoms. The molecule has 2 aliphatic rings. The third-order valence-corrected chi connectivity index (χ3v) is 9.66. The van der Waals surface area contributed by atoms with Crippen LogP contribution in [0.5, 0.6) is 11.5 Å². The van der Waals surface area contributed by atoms with E-state index in [4.69, 9.17) is 9.47 Å². The van der Waals surface area contributed by atoms with E-state index in [9.17, 15) is 9.46 Å². The number of aromatic amines is 2. The first-order valence-electron chi connectivity index (χ1n) is 14.0.